The lowest BCUT2D eigenvalue weighted by Gasteiger charge is -2.05. The zero-order chi connectivity index (χ0) is 13.1. The molecule has 0 spiro atoms. The van der Waals surface area contributed by atoms with Crippen LogP contribution in [0.3, 0.4) is 0 Å². The van der Waals surface area contributed by atoms with Crippen LogP contribution in [0.2, 0.25) is 5.02 Å². The van der Waals surface area contributed by atoms with Gasteiger partial charge in [-0.05, 0) is 18.2 Å². The van der Waals surface area contributed by atoms with E-state index < -0.39 is 11.8 Å². The van der Waals surface area contributed by atoms with Gasteiger partial charge in [-0.2, -0.15) is 0 Å². The van der Waals surface area contributed by atoms with Gasteiger partial charge in [-0.15, -0.1) is 0 Å². The largest absolute Gasteiger partial charge is 0.478 e. The van der Waals surface area contributed by atoms with E-state index in [4.69, 9.17) is 16.7 Å². The second-order valence-corrected chi connectivity index (χ2v) is 3.76. The Balaban J connectivity index is 2.18. The van der Waals surface area contributed by atoms with Crippen LogP contribution in [0, 0.1) is 5.82 Å². The van der Waals surface area contributed by atoms with Gasteiger partial charge in [-0.25, -0.2) is 19.2 Å². The lowest BCUT2D eigenvalue weighted by Crippen LogP contribution is -2.02. The van der Waals surface area contributed by atoms with E-state index in [1.165, 1.54) is 30.6 Å². The van der Waals surface area contributed by atoms with Crippen molar-refractivity contribution in [3.8, 4) is 0 Å². The average Bonchev–Trinajstić information content (AvgIpc) is 2.34. The molecule has 0 aliphatic rings. The molecular formula is C11H7ClFN3O2. The fraction of sp³-hybridized carbons (Fsp3) is 0. The van der Waals surface area contributed by atoms with Crippen molar-refractivity contribution in [3.63, 3.8) is 0 Å². The van der Waals surface area contributed by atoms with Crippen molar-refractivity contribution in [2.45, 2.75) is 0 Å². The molecular weight excluding hydrogens is 261 g/mol. The highest BCUT2D eigenvalue weighted by Crippen LogP contribution is 2.21. The Bertz CT molecular complexity index is 589. The summed E-state index contributed by atoms with van der Waals surface area (Å²) in [6.07, 6.45) is 2.34. The number of aromatic nitrogens is 2. The van der Waals surface area contributed by atoms with E-state index in [-0.39, 0.29) is 16.5 Å². The van der Waals surface area contributed by atoms with Crippen LogP contribution in [0.4, 0.5) is 16.0 Å². The van der Waals surface area contributed by atoms with Crippen LogP contribution >= 0.6 is 11.6 Å². The number of carbonyl (C=O) groups is 1. The number of nitrogens with one attached hydrogen (secondary N) is 1. The first-order chi connectivity index (χ1) is 8.56. The second kappa shape index (κ2) is 4.97. The van der Waals surface area contributed by atoms with Crippen LogP contribution in [0.25, 0.3) is 0 Å². The van der Waals surface area contributed by atoms with Crippen LogP contribution in [0.1, 0.15) is 10.4 Å². The smallest absolute Gasteiger partial charge is 0.338 e. The molecule has 2 aromatic rings. The molecule has 0 aliphatic heterocycles. The van der Waals surface area contributed by atoms with Crippen LogP contribution in [-0.2, 0) is 0 Å². The van der Waals surface area contributed by atoms with Crippen molar-refractivity contribution in [2.75, 3.05) is 5.32 Å². The number of hydrogen-bond donors (Lipinski definition) is 2. The molecule has 0 bridgehead atoms. The summed E-state index contributed by atoms with van der Waals surface area (Å²) in [6, 6.07) is 4.05. The number of halogens is 2. The molecule has 0 aliphatic carbocycles. The lowest BCUT2D eigenvalue weighted by molar-refractivity contribution is 0.0696. The molecule has 0 atom stereocenters. The fourth-order valence-corrected chi connectivity index (χ4v) is 1.39. The van der Waals surface area contributed by atoms with Crippen LogP contribution < -0.4 is 5.32 Å². The molecule has 18 heavy (non-hydrogen) atoms. The van der Waals surface area contributed by atoms with Gasteiger partial charge in [0.15, 0.2) is 0 Å². The SMILES string of the molecule is O=C(O)c1cnc(Nc2ccc(F)c(Cl)c2)nc1. The van der Waals surface area contributed by atoms with Gasteiger partial charge in [-0.1, -0.05) is 11.6 Å². The Labute approximate surface area is 106 Å². The van der Waals surface area contributed by atoms with Crippen molar-refractivity contribution in [2.24, 2.45) is 0 Å². The number of benzene rings is 1. The minimum atomic E-state index is -1.11. The highest BCUT2D eigenvalue weighted by Gasteiger charge is 2.05. The van der Waals surface area contributed by atoms with Crippen molar-refractivity contribution < 1.29 is 14.3 Å². The molecule has 0 unspecified atom stereocenters. The number of anilines is 2. The summed E-state index contributed by atoms with van der Waals surface area (Å²) in [5, 5.41) is 11.4. The third kappa shape index (κ3) is 2.72. The van der Waals surface area contributed by atoms with Crippen LogP contribution in [-0.4, -0.2) is 21.0 Å². The number of nitrogens with zero attached hydrogens (tertiary/aromatic N) is 2. The summed E-state index contributed by atoms with van der Waals surface area (Å²) in [6.45, 7) is 0. The molecule has 1 heterocycles. The van der Waals surface area contributed by atoms with Crippen molar-refractivity contribution in [1.82, 2.24) is 9.97 Å². The van der Waals surface area contributed by atoms with Gasteiger partial charge < -0.3 is 10.4 Å². The summed E-state index contributed by atoms with van der Waals surface area (Å²) in [7, 11) is 0. The number of rotatable bonds is 3. The first kappa shape index (κ1) is 12.3. The molecule has 1 aromatic heterocycles. The van der Waals surface area contributed by atoms with Gasteiger partial charge in [0.05, 0.1) is 10.6 Å². The summed E-state index contributed by atoms with van der Waals surface area (Å²) < 4.78 is 12.9. The van der Waals surface area contributed by atoms with E-state index in [9.17, 15) is 9.18 Å². The Morgan fingerprint density at radius 1 is 1.33 bits per heavy atom. The van der Waals surface area contributed by atoms with Crippen molar-refractivity contribution in [1.29, 1.82) is 0 Å². The maximum absolute atomic E-state index is 12.9. The van der Waals surface area contributed by atoms with E-state index in [2.05, 4.69) is 15.3 Å². The minimum absolute atomic E-state index is 0.0160. The first-order valence-corrected chi connectivity index (χ1v) is 5.21. The number of carboxylic acid groups (broad SMARTS) is 1. The average molecular weight is 268 g/mol. The quantitative estimate of drug-likeness (QED) is 0.894. The standard InChI is InChI=1S/C11H7ClFN3O2/c12-8-3-7(1-2-9(8)13)16-11-14-4-6(5-15-11)10(17)18/h1-5H,(H,17,18)(H,14,15,16). The Morgan fingerprint density at radius 2 is 2.00 bits per heavy atom. The minimum Gasteiger partial charge on any atom is -0.478 e. The molecule has 0 saturated heterocycles. The molecule has 0 radical (unpaired) electrons. The topological polar surface area (TPSA) is 75.1 Å². The highest BCUT2D eigenvalue weighted by molar-refractivity contribution is 6.31. The summed E-state index contributed by atoms with van der Waals surface area (Å²) in [5.41, 5.74) is 0.488. The summed E-state index contributed by atoms with van der Waals surface area (Å²) >= 11 is 5.61. The number of carboxylic acids is 1. The van der Waals surface area contributed by atoms with Gasteiger partial charge in [-0.3, -0.25) is 0 Å². The maximum atomic E-state index is 12.9. The molecule has 0 saturated carbocycles. The highest BCUT2D eigenvalue weighted by atomic mass is 35.5. The zero-order valence-electron chi connectivity index (χ0n) is 8.89. The van der Waals surface area contributed by atoms with E-state index in [1.54, 1.807) is 0 Å². The second-order valence-electron chi connectivity index (χ2n) is 3.35. The van der Waals surface area contributed by atoms with Gasteiger partial charge in [0.2, 0.25) is 5.95 Å². The predicted octanol–water partition coefficient (Wildman–Crippen LogP) is 2.71. The van der Waals surface area contributed by atoms with Gasteiger partial charge >= 0.3 is 5.97 Å². The number of hydrogen-bond acceptors (Lipinski definition) is 4. The van der Waals surface area contributed by atoms with Gasteiger partial charge in [0.25, 0.3) is 0 Å². The van der Waals surface area contributed by atoms with Gasteiger partial charge in [0.1, 0.15) is 5.82 Å². The summed E-state index contributed by atoms with van der Waals surface area (Å²) in [4.78, 5) is 18.2. The molecule has 0 fully saturated rings. The predicted molar refractivity (Wildman–Crippen MR) is 63.7 cm³/mol. The molecule has 1 aromatic carbocycles. The van der Waals surface area contributed by atoms with Gasteiger partial charge in [0, 0.05) is 18.1 Å². The van der Waals surface area contributed by atoms with E-state index in [0.29, 0.717) is 5.69 Å². The third-order valence-electron chi connectivity index (χ3n) is 2.07. The van der Waals surface area contributed by atoms with Crippen LogP contribution in [0.5, 0.6) is 0 Å². The molecule has 2 rings (SSSR count). The lowest BCUT2D eigenvalue weighted by atomic mass is 10.3. The molecule has 92 valence electrons. The van der Waals surface area contributed by atoms with E-state index >= 15 is 0 Å². The monoisotopic (exact) mass is 267 g/mol. The van der Waals surface area contributed by atoms with E-state index in [1.807, 2.05) is 0 Å². The maximum Gasteiger partial charge on any atom is 0.338 e. The Kier molecular flexibility index (Phi) is 3.38. The van der Waals surface area contributed by atoms with E-state index in [0.717, 1.165) is 0 Å². The normalized spacial score (nSPS) is 10.1. The molecule has 7 heteroatoms. The number of aromatic carboxylic acids is 1. The zero-order valence-corrected chi connectivity index (χ0v) is 9.65. The molecule has 2 N–H and O–H groups in total. The molecule has 5 nitrogen and oxygen atoms in total. The van der Waals surface area contributed by atoms with Crippen LogP contribution in [0.15, 0.2) is 30.6 Å². The molecule has 0 amide bonds. The summed E-state index contributed by atoms with van der Waals surface area (Å²) in [5.74, 6) is -1.43. The Morgan fingerprint density at radius 3 is 2.56 bits per heavy atom. The van der Waals surface area contributed by atoms with Crippen molar-refractivity contribution in [3.05, 3.63) is 47.0 Å². The fourth-order valence-electron chi connectivity index (χ4n) is 1.21. The first-order valence-electron chi connectivity index (χ1n) is 4.83. The Hall–Kier alpha value is -2.21. The third-order valence-corrected chi connectivity index (χ3v) is 2.36. The van der Waals surface area contributed by atoms with Crippen molar-refractivity contribution >= 4 is 29.2 Å².